The molecule has 1 aliphatic rings. The average Bonchev–Trinajstić information content (AvgIpc) is 2.52. The van der Waals surface area contributed by atoms with Crippen LogP contribution in [0.5, 0.6) is 0 Å². The maximum absolute atomic E-state index is 12.5. The van der Waals surface area contributed by atoms with Crippen molar-refractivity contribution in [3.63, 3.8) is 0 Å². The van der Waals surface area contributed by atoms with E-state index >= 15 is 0 Å². The number of amides is 2. The van der Waals surface area contributed by atoms with Crippen molar-refractivity contribution < 1.29 is 9.59 Å². The van der Waals surface area contributed by atoms with Crippen LogP contribution >= 0.6 is 0 Å². The molecule has 2 rings (SSSR count). The molecule has 1 aromatic rings. The highest BCUT2D eigenvalue weighted by Gasteiger charge is 2.37. The van der Waals surface area contributed by atoms with Crippen LogP contribution in [0.4, 0.5) is 5.69 Å². The summed E-state index contributed by atoms with van der Waals surface area (Å²) in [6, 6.07) is 6.97. The molecule has 1 saturated carbocycles. The molecule has 5 nitrogen and oxygen atoms in total. The molecular formula is C18H27N3O2. The van der Waals surface area contributed by atoms with E-state index < -0.39 is 5.54 Å². The van der Waals surface area contributed by atoms with Gasteiger partial charge >= 0.3 is 0 Å². The lowest BCUT2D eigenvalue weighted by molar-refractivity contribution is -0.122. The average molecular weight is 317 g/mol. The third-order valence-corrected chi connectivity index (χ3v) is 4.52. The Hall–Kier alpha value is -1.88. The van der Waals surface area contributed by atoms with Gasteiger partial charge in [-0.2, -0.15) is 0 Å². The fraction of sp³-hybridized carbons (Fsp3) is 0.556. The first-order valence-corrected chi connectivity index (χ1v) is 8.42. The fourth-order valence-electron chi connectivity index (χ4n) is 3.06. The van der Waals surface area contributed by atoms with E-state index in [1.54, 1.807) is 24.3 Å². The summed E-state index contributed by atoms with van der Waals surface area (Å²) < 4.78 is 0. The van der Waals surface area contributed by atoms with Crippen molar-refractivity contribution in [3.05, 3.63) is 29.8 Å². The molecule has 2 unspecified atom stereocenters. The third kappa shape index (κ3) is 4.55. The Balaban J connectivity index is 1.97. The van der Waals surface area contributed by atoms with Crippen molar-refractivity contribution in [3.8, 4) is 0 Å². The van der Waals surface area contributed by atoms with Gasteiger partial charge in [0.15, 0.2) is 0 Å². The molecular weight excluding hydrogens is 290 g/mol. The van der Waals surface area contributed by atoms with Crippen LogP contribution in [0.15, 0.2) is 24.3 Å². The van der Waals surface area contributed by atoms with Gasteiger partial charge in [-0.05, 0) is 50.5 Å². The van der Waals surface area contributed by atoms with Gasteiger partial charge in [-0.3, -0.25) is 9.59 Å². The van der Waals surface area contributed by atoms with Crippen molar-refractivity contribution in [2.24, 2.45) is 11.7 Å². The van der Waals surface area contributed by atoms with Gasteiger partial charge in [-0.15, -0.1) is 0 Å². The monoisotopic (exact) mass is 317 g/mol. The molecule has 1 fully saturated rings. The van der Waals surface area contributed by atoms with Gasteiger partial charge in [0, 0.05) is 23.3 Å². The van der Waals surface area contributed by atoms with Gasteiger partial charge in [0.2, 0.25) is 5.91 Å². The maximum Gasteiger partial charge on any atom is 0.251 e. The van der Waals surface area contributed by atoms with Crippen LogP contribution in [0.25, 0.3) is 0 Å². The lowest BCUT2D eigenvalue weighted by Gasteiger charge is -2.37. The maximum atomic E-state index is 12.5. The number of rotatable bonds is 5. The Morgan fingerprint density at radius 3 is 2.57 bits per heavy atom. The molecule has 1 aliphatic carbocycles. The number of carbonyl (C=O) groups is 2. The minimum atomic E-state index is -0.442. The first-order chi connectivity index (χ1) is 10.9. The summed E-state index contributed by atoms with van der Waals surface area (Å²) in [5.41, 5.74) is 7.12. The Morgan fingerprint density at radius 2 is 1.96 bits per heavy atom. The summed E-state index contributed by atoms with van der Waals surface area (Å²) in [5, 5.41) is 5.75. The van der Waals surface area contributed by atoms with E-state index in [1.807, 2.05) is 13.8 Å². The number of carbonyl (C=O) groups excluding carboxylic acids is 2. The third-order valence-electron chi connectivity index (χ3n) is 4.52. The van der Waals surface area contributed by atoms with E-state index in [0.717, 1.165) is 32.1 Å². The molecule has 0 aliphatic heterocycles. The number of nitrogens with two attached hydrogens (primary N) is 1. The van der Waals surface area contributed by atoms with Gasteiger partial charge < -0.3 is 16.4 Å². The Bertz CT molecular complexity index is 552. The standard InChI is InChI=1S/C18H27N3O2/c1-3-12-20-16(22)13-7-9-14(10-8-13)21-17(23)15-6-4-5-11-18(15,2)19/h7-10,15H,3-6,11-12,19H2,1-2H3,(H,20,22)(H,21,23). The van der Waals surface area contributed by atoms with Crippen molar-refractivity contribution in [1.82, 2.24) is 5.32 Å². The number of anilines is 1. The molecule has 0 saturated heterocycles. The largest absolute Gasteiger partial charge is 0.352 e. The van der Waals surface area contributed by atoms with Gasteiger partial charge in [-0.25, -0.2) is 0 Å². The molecule has 0 aromatic heterocycles. The minimum absolute atomic E-state index is 0.0297. The zero-order valence-corrected chi connectivity index (χ0v) is 14.0. The second kappa shape index (κ2) is 7.59. The topological polar surface area (TPSA) is 84.2 Å². The van der Waals surface area contributed by atoms with Crippen LogP contribution in [0.3, 0.4) is 0 Å². The second-order valence-corrected chi connectivity index (χ2v) is 6.63. The molecule has 0 radical (unpaired) electrons. The van der Waals surface area contributed by atoms with Crippen LogP contribution < -0.4 is 16.4 Å². The summed E-state index contributed by atoms with van der Waals surface area (Å²) in [5.74, 6) is -0.284. The summed E-state index contributed by atoms with van der Waals surface area (Å²) in [6.07, 6.45) is 4.73. The minimum Gasteiger partial charge on any atom is -0.352 e. The van der Waals surface area contributed by atoms with Gasteiger partial charge in [0.25, 0.3) is 5.91 Å². The van der Waals surface area contributed by atoms with E-state index in [2.05, 4.69) is 10.6 Å². The number of hydrogen-bond donors (Lipinski definition) is 3. The lowest BCUT2D eigenvalue weighted by Crippen LogP contribution is -2.51. The quantitative estimate of drug-likeness (QED) is 0.780. The van der Waals surface area contributed by atoms with E-state index in [1.165, 1.54) is 0 Å². The van der Waals surface area contributed by atoms with E-state index in [-0.39, 0.29) is 17.7 Å². The Labute approximate surface area is 138 Å². The van der Waals surface area contributed by atoms with Gasteiger partial charge in [0.05, 0.1) is 5.92 Å². The van der Waals surface area contributed by atoms with Crippen molar-refractivity contribution in [2.75, 3.05) is 11.9 Å². The summed E-state index contributed by atoms with van der Waals surface area (Å²) >= 11 is 0. The van der Waals surface area contributed by atoms with E-state index in [9.17, 15) is 9.59 Å². The molecule has 2 amide bonds. The molecule has 1 aromatic carbocycles. The lowest BCUT2D eigenvalue weighted by atomic mass is 9.74. The van der Waals surface area contributed by atoms with Crippen molar-refractivity contribution in [1.29, 1.82) is 0 Å². The van der Waals surface area contributed by atoms with E-state index in [0.29, 0.717) is 17.8 Å². The Kier molecular flexibility index (Phi) is 5.77. The second-order valence-electron chi connectivity index (χ2n) is 6.63. The van der Waals surface area contributed by atoms with E-state index in [4.69, 9.17) is 5.73 Å². The summed E-state index contributed by atoms with van der Waals surface area (Å²) in [4.78, 5) is 24.3. The van der Waals surface area contributed by atoms with Crippen LogP contribution in [0, 0.1) is 5.92 Å². The molecule has 0 bridgehead atoms. The van der Waals surface area contributed by atoms with Crippen LogP contribution in [0.1, 0.15) is 56.3 Å². The number of benzene rings is 1. The molecule has 4 N–H and O–H groups in total. The smallest absolute Gasteiger partial charge is 0.251 e. The molecule has 0 heterocycles. The van der Waals surface area contributed by atoms with Gasteiger partial charge in [0.1, 0.15) is 0 Å². The van der Waals surface area contributed by atoms with Crippen LogP contribution in [-0.2, 0) is 4.79 Å². The SMILES string of the molecule is CCCNC(=O)c1ccc(NC(=O)C2CCCCC2(C)N)cc1. The zero-order valence-electron chi connectivity index (χ0n) is 14.0. The zero-order chi connectivity index (χ0) is 16.9. The van der Waals surface area contributed by atoms with Crippen molar-refractivity contribution >= 4 is 17.5 Å². The van der Waals surface area contributed by atoms with Crippen LogP contribution in [-0.4, -0.2) is 23.9 Å². The molecule has 5 heteroatoms. The molecule has 23 heavy (non-hydrogen) atoms. The Morgan fingerprint density at radius 1 is 1.26 bits per heavy atom. The predicted octanol–water partition coefficient (Wildman–Crippen LogP) is 2.67. The first kappa shape index (κ1) is 17.5. The number of hydrogen-bond acceptors (Lipinski definition) is 3. The highest BCUT2D eigenvalue weighted by molar-refractivity contribution is 5.96. The highest BCUT2D eigenvalue weighted by atomic mass is 16.2. The van der Waals surface area contributed by atoms with Crippen LogP contribution in [0.2, 0.25) is 0 Å². The number of nitrogens with one attached hydrogen (secondary N) is 2. The fourth-order valence-corrected chi connectivity index (χ4v) is 3.06. The first-order valence-electron chi connectivity index (χ1n) is 8.42. The summed E-state index contributed by atoms with van der Waals surface area (Å²) in [7, 11) is 0. The molecule has 126 valence electrons. The normalized spacial score (nSPS) is 24.0. The highest BCUT2D eigenvalue weighted by Crippen LogP contribution is 2.32. The van der Waals surface area contributed by atoms with Crippen molar-refractivity contribution in [2.45, 2.75) is 51.5 Å². The van der Waals surface area contributed by atoms with Gasteiger partial charge in [-0.1, -0.05) is 19.8 Å². The predicted molar refractivity (Wildman–Crippen MR) is 92.2 cm³/mol. The summed E-state index contributed by atoms with van der Waals surface area (Å²) in [6.45, 7) is 4.63. The molecule has 0 spiro atoms. The molecule has 2 atom stereocenters.